The van der Waals surface area contributed by atoms with Crippen molar-refractivity contribution in [2.45, 2.75) is 13.8 Å². The summed E-state index contributed by atoms with van der Waals surface area (Å²) in [5.41, 5.74) is 0.321. The highest BCUT2D eigenvalue weighted by Crippen LogP contribution is 2.21. The number of nitrogens with one attached hydrogen (secondary N) is 2. The van der Waals surface area contributed by atoms with E-state index in [2.05, 4.69) is 46.9 Å². The van der Waals surface area contributed by atoms with Gasteiger partial charge in [-0.15, -0.1) is 11.3 Å². The molecule has 0 saturated carbocycles. The number of thiophene rings is 1. The summed E-state index contributed by atoms with van der Waals surface area (Å²) in [4.78, 5) is 2.56. The van der Waals surface area contributed by atoms with Gasteiger partial charge in [-0.05, 0) is 22.9 Å². The van der Waals surface area contributed by atoms with Gasteiger partial charge in [-0.1, -0.05) is 13.8 Å². The summed E-state index contributed by atoms with van der Waals surface area (Å²) in [6.45, 7) is 11.5. The van der Waals surface area contributed by atoms with Gasteiger partial charge in [-0.3, -0.25) is 0 Å². The van der Waals surface area contributed by atoms with Gasteiger partial charge in [0, 0.05) is 39.3 Å². The molecule has 1 aliphatic heterocycles. The summed E-state index contributed by atoms with van der Waals surface area (Å²) in [5, 5.41) is 10.3. The lowest BCUT2D eigenvalue weighted by molar-refractivity contribution is 0.168. The van der Waals surface area contributed by atoms with Crippen molar-refractivity contribution < 1.29 is 0 Å². The topological polar surface area (TPSA) is 27.3 Å². The molecule has 0 aliphatic carbocycles. The van der Waals surface area contributed by atoms with Gasteiger partial charge in [0.1, 0.15) is 0 Å². The van der Waals surface area contributed by atoms with Crippen molar-refractivity contribution in [1.29, 1.82) is 0 Å². The molecule has 1 aromatic heterocycles. The molecular weight excluding hydrogens is 230 g/mol. The van der Waals surface area contributed by atoms with Crippen LogP contribution in [0.4, 0.5) is 5.00 Å². The molecule has 2 rings (SSSR count). The molecule has 1 fully saturated rings. The Labute approximate surface area is 108 Å². The number of anilines is 1. The van der Waals surface area contributed by atoms with Gasteiger partial charge < -0.3 is 15.5 Å². The van der Waals surface area contributed by atoms with Crippen molar-refractivity contribution in [3.05, 3.63) is 17.5 Å². The Morgan fingerprint density at radius 2 is 2.18 bits per heavy atom. The molecule has 0 aromatic carbocycles. The van der Waals surface area contributed by atoms with Crippen LogP contribution in [0.2, 0.25) is 0 Å². The molecule has 2 N–H and O–H groups in total. The van der Waals surface area contributed by atoms with Crippen LogP contribution >= 0.6 is 11.3 Å². The van der Waals surface area contributed by atoms with Gasteiger partial charge in [0.25, 0.3) is 0 Å². The van der Waals surface area contributed by atoms with Gasteiger partial charge in [-0.2, -0.15) is 0 Å². The van der Waals surface area contributed by atoms with E-state index in [0.29, 0.717) is 5.41 Å². The Bertz CT molecular complexity index is 315. The molecule has 1 aromatic rings. The van der Waals surface area contributed by atoms with Gasteiger partial charge in [0.2, 0.25) is 0 Å². The average molecular weight is 253 g/mol. The standard InChI is InChI=1S/C13H23N3S/c1-13(2,10-15-12-4-3-9-17-12)11-16-7-5-14-6-8-16/h3-4,9,14-15H,5-8,10-11H2,1-2H3. The molecule has 0 spiro atoms. The highest BCUT2D eigenvalue weighted by atomic mass is 32.1. The number of hydrogen-bond acceptors (Lipinski definition) is 4. The first-order valence-electron chi connectivity index (χ1n) is 6.36. The fourth-order valence-electron chi connectivity index (χ4n) is 2.24. The third-order valence-corrected chi connectivity index (χ3v) is 3.95. The maximum Gasteiger partial charge on any atom is 0.0882 e. The molecule has 0 bridgehead atoms. The average Bonchev–Trinajstić information content (AvgIpc) is 2.80. The summed E-state index contributed by atoms with van der Waals surface area (Å²) in [5.74, 6) is 0. The molecule has 3 nitrogen and oxygen atoms in total. The van der Waals surface area contributed by atoms with Gasteiger partial charge in [-0.25, -0.2) is 0 Å². The Morgan fingerprint density at radius 3 is 2.82 bits per heavy atom. The third kappa shape index (κ3) is 4.30. The fraction of sp³-hybridized carbons (Fsp3) is 0.692. The van der Waals surface area contributed by atoms with E-state index in [4.69, 9.17) is 0 Å². The Morgan fingerprint density at radius 1 is 1.41 bits per heavy atom. The van der Waals surface area contributed by atoms with Crippen molar-refractivity contribution in [3.8, 4) is 0 Å². The quantitative estimate of drug-likeness (QED) is 0.841. The first kappa shape index (κ1) is 12.9. The highest BCUT2D eigenvalue weighted by Gasteiger charge is 2.22. The predicted octanol–water partition coefficient (Wildman–Crippen LogP) is 2.09. The molecule has 0 radical (unpaired) electrons. The van der Waals surface area contributed by atoms with Crippen molar-refractivity contribution in [1.82, 2.24) is 10.2 Å². The van der Waals surface area contributed by atoms with Crippen LogP contribution in [0.15, 0.2) is 17.5 Å². The van der Waals surface area contributed by atoms with Crippen LogP contribution in [0.1, 0.15) is 13.8 Å². The number of nitrogens with zero attached hydrogens (tertiary/aromatic N) is 1. The van der Waals surface area contributed by atoms with E-state index in [0.717, 1.165) is 19.6 Å². The van der Waals surface area contributed by atoms with E-state index in [-0.39, 0.29) is 0 Å². The molecule has 17 heavy (non-hydrogen) atoms. The van der Waals surface area contributed by atoms with Crippen LogP contribution in [0, 0.1) is 5.41 Å². The van der Waals surface area contributed by atoms with Crippen LogP contribution < -0.4 is 10.6 Å². The van der Waals surface area contributed by atoms with Crippen LogP contribution in [0.3, 0.4) is 0 Å². The zero-order valence-electron chi connectivity index (χ0n) is 10.8. The second-order valence-electron chi connectivity index (χ2n) is 5.52. The summed E-state index contributed by atoms with van der Waals surface area (Å²) in [6.07, 6.45) is 0. The number of piperazine rings is 1. The predicted molar refractivity (Wildman–Crippen MR) is 75.9 cm³/mol. The van der Waals surface area contributed by atoms with Gasteiger partial charge in [0.15, 0.2) is 0 Å². The molecule has 0 atom stereocenters. The minimum atomic E-state index is 0.321. The maximum atomic E-state index is 3.53. The Hall–Kier alpha value is -0.580. The van der Waals surface area contributed by atoms with Crippen molar-refractivity contribution in [3.63, 3.8) is 0 Å². The van der Waals surface area contributed by atoms with Crippen molar-refractivity contribution >= 4 is 16.3 Å². The first-order valence-corrected chi connectivity index (χ1v) is 7.24. The molecule has 4 heteroatoms. The summed E-state index contributed by atoms with van der Waals surface area (Å²) in [7, 11) is 0. The second-order valence-corrected chi connectivity index (χ2v) is 6.47. The zero-order valence-corrected chi connectivity index (χ0v) is 11.6. The molecular formula is C13H23N3S. The monoisotopic (exact) mass is 253 g/mol. The fourth-order valence-corrected chi connectivity index (χ4v) is 2.85. The van der Waals surface area contributed by atoms with E-state index in [1.807, 2.05) is 0 Å². The van der Waals surface area contributed by atoms with E-state index in [1.54, 1.807) is 11.3 Å². The minimum Gasteiger partial charge on any atom is -0.376 e. The van der Waals surface area contributed by atoms with E-state index >= 15 is 0 Å². The van der Waals surface area contributed by atoms with E-state index in [1.165, 1.54) is 24.6 Å². The van der Waals surface area contributed by atoms with Crippen LogP contribution in [-0.4, -0.2) is 44.2 Å². The lowest BCUT2D eigenvalue weighted by atomic mass is 9.92. The van der Waals surface area contributed by atoms with Gasteiger partial charge >= 0.3 is 0 Å². The van der Waals surface area contributed by atoms with E-state index < -0.39 is 0 Å². The Kier molecular flexibility index (Phi) is 4.42. The zero-order chi connectivity index (χ0) is 12.1. The molecule has 0 unspecified atom stereocenters. The summed E-state index contributed by atoms with van der Waals surface area (Å²) >= 11 is 1.77. The summed E-state index contributed by atoms with van der Waals surface area (Å²) < 4.78 is 0. The number of rotatable bonds is 5. The van der Waals surface area contributed by atoms with Crippen LogP contribution in [-0.2, 0) is 0 Å². The molecule has 1 saturated heterocycles. The minimum absolute atomic E-state index is 0.321. The Balaban J connectivity index is 1.77. The lowest BCUT2D eigenvalue weighted by Crippen LogP contribution is -2.48. The molecule has 2 heterocycles. The van der Waals surface area contributed by atoms with Crippen molar-refractivity contribution in [2.75, 3.05) is 44.6 Å². The van der Waals surface area contributed by atoms with Crippen LogP contribution in [0.5, 0.6) is 0 Å². The highest BCUT2D eigenvalue weighted by molar-refractivity contribution is 7.14. The molecule has 1 aliphatic rings. The SMILES string of the molecule is CC(C)(CNc1cccs1)CN1CCNCC1. The number of hydrogen-bond donors (Lipinski definition) is 2. The van der Waals surface area contributed by atoms with E-state index in [9.17, 15) is 0 Å². The smallest absolute Gasteiger partial charge is 0.0882 e. The van der Waals surface area contributed by atoms with Gasteiger partial charge in [0.05, 0.1) is 5.00 Å². The molecule has 0 amide bonds. The van der Waals surface area contributed by atoms with Crippen LogP contribution in [0.25, 0.3) is 0 Å². The largest absolute Gasteiger partial charge is 0.376 e. The molecule has 96 valence electrons. The van der Waals surface area contributed by atoms with Crippen molar-refractivity contribution in [2.24, 2.45) is 5.41 Å². The first-order chi connectivity index (χ1) is 8.16. The maximum absolute atomic E-state index is 3.53. The summed E-state index contributed by atoms with van der Waals surface area (Å²) in [6, 6.07) is 4.24. The third-order valence-electron chi connectivity index (χ3n) is 3.12. The normalized spacial score (nSPS) is 18.2. The lowest BCUT2D eigenvalue weighted by Gasteiger charge is -2.35. The second kappa shape index (κ2) is 5.85.